The van der Waals surface area contributed by atoms with Gasteiger partial charge in [-0.1, -0.05) is 15.9 Å². The fourth-order valence-corrected chi connectivity index (χ4v) is 1.66. The summed E-state index contributed by atoms with van der Waals surface area (Å²) in [7, 11) is 0. The van der Waals surface area contributed by atoms with E-state index in [1.165, 1.54) is 6.92 Å². The van der Waals surface area contributed by atoms with E-state index in [0.717, 1.165) is 16.3 Å². The molecule has 0 bridgehead atoms. The maximum Gasteiger partial charge on any atom is 0.160 e. The first-order chi connectivity index (χ1) is 6.06. The number of benzene rings is 1. The summed E-state index contributed by atoms with van der Waals surface area (Å²) >= 11 is 3.25. The number of halogens is 1. The Hall–Kier alpha value is -0.960. The van der Waals surface area contributed by atoms with Crippen LogP contribution in [0.3, 0.4) is 0 Å². The van der Waals surface area contributed by atoms with Crippen molar-refractivity contribution < 1.29 is 9.59 Å². The summed E-state index contributed by atoms with van der Waals surface area (Å²) in [6.45, 7) is 3.26. The van der Waals surface area contributed by atoms with Gasteiger partial charge in [0, 0.05) is 15.6 Å². The van der Waals surface area contributed by atoms with Gasteiger partial charge in [-0.3, -0.25) is 9.59 Å². The molecule has 0 atom stereocenters. The number of hydrogen-bond donors (Lipinski definition) is 0. The van der Waals surface area contributed by atoms with Crippen molar-refractivity contribution in [3.63, 3.8) is 0 Å². The van der Waals surface area contributed by atoms with Crippen LogP contribution in [0.2, 0.25) is 0 Å². The van der Waals surface area contributed by atoms with Gasteiger partial charge in [0.05, 0.1) is 0 Å². The molecule has 0 radical (unpaired) electrons. The number of aldehydes is 1. The fourth-order valence-electron chi connectivity index (χ4n) is 1.19. The van der Waals surface area contributed by atoms with Crippen molar-refractivity contribution in [2.24, 2.45) is 0 Å². The lowest BCUT2D eigenvalue weighted by Crippen LogP contribution is -1.99. The molecule has 0 saturated heterocycles. The van der Waals surface area contributed by atoms with Crippen LogP contribution in [0.4, 0.5) is 0 Å². The maximum absolute atomic E-state index is 11.1. The maximum atomic E-state index is 11.1. The minimum absolute atomic E-state index is 0.0260. The molecular weight excluding hydrogens is 232 g/mol. The number of rotatable bonds is 2. The van der Waals surface area contributed by atoms with Crippen LogP contribution in [-0.4, -0.2) is 12.1 Å². The van der Waals surface area contributed by atoms with Gasteiger partial charge in [0.25, 0.3) is 0 Å². The number of hydrogen-bond acceptors (Lipinski definition) is 2. The number of carbonyl (C=O) groups excluding carboxylic acids is 2. The summed E-state index contributed by atoms with van der Waals surface area (Å²) in [4.78, 5) is 21.8. The molecule has 1 aromatic rings. The van der Waals surface area contributed by atoms with Gasteiger partial charge in [0.2, 0.25) is 0 Å². The molecule has 0 unspecified atom stereocenters. The Morgan fingerprint density at radius 3 is 2.54 bits per heavy atom. The predicted octanol–water partition coefficient (Wildman–Crippen LogP) is 2.77. The van der Waals surface area contributed by atoms with Crippen molar-refractivity contribution in [2.75, 3.05) is 0 Å². The molecule has 3 heteroatoms. The smallest absolute Gasteiger partial charge is 0.160 e. The van der Waals surface area contributed by atoms with Crippen LogP contribution in [0.15, 0.2) is 16.6 Å². The van der Waals surface area contributed by atoms with Crippen LogP contribution in [-0.2, 0) is 0 Å². The molecular formula is C10H9BrO2. The molecule has 13 heavy (non-hydrogen) atoms. The predicted molar refractivity (Wildman–Crippen MR) is 54.3 cm³/mol. The highest BCUT2D eigenvalue weighted by Gasteiger charge is 2.08. The highest BCUT2D eigenvalue weighted by atomic mass is 79.9. The Bertz CT molecular complexity index is 369. The Labute approximate surface area is 85.1 Å². The van der Waals surface area contributed by atoms with Gasteiger partial charge in [0.1, 0.15) is 6.29 Å². The Morgan fingerprint density at radius 2 is 2.08 bits per heavy atom. The summed E-state index contributed by atoms with van der Waals surface area (Å²) in [5.74, 6) is -0.0260. The van der Waals surface area contributed by atoms with Gasteiger partial charge >= 0.3 is 0 Å². The lowest BCUT2D eigenvalue weighted by molar-refractivity contribution is 0.101. The molecule has 1 aromatic carbocycles. The van der Waals surface area contributed by atoms with E-state index < -0.39 is 0 Å². The zero-order valence-electron chi connectivity index (χ0n) is 7.43. The molecule has 0 aliphatic heterocycles. The Balaban J connectivity index is 3.44. The van der Waals surface area contributed by atoms with Crippen LogP contribution < -0.4 is 0 Å². The Kier molecular flexibility index (Phi) is 2.98. The van der Waals surface area contributed by atoms with E-state index in [2.05, 4.69) is 15.9 Å². The van der Waals surface area contributed by atoms with E-state index in [9.17, 15) is 9.59 Å². The average molecular weight is 241 g/mol. The monoisotopic (exact) mass is 240 g/mol. The Morgan fingerprint density at radius 1 is 1.46 bits per heavy atom. The third-order valence-electron chi connectivity index (χ3n) is 1.92. The highest BCUT2D eigenvalue weighted by molar-refractivity contribution is 9.10. The van der Waals surface area contributed by atoms with E-state index in [4.69, 9.17) is 0 Å². The first-order valence-electron chi connectivity index (χ1n) is 3.82. The van der Waals surface area contributed by atoms with E-state index in [1.54, 1.807) is 19.1 Å². The van der Waals surface area contributed by atoms with Crippen LogP contribution in [0.1, 0.15) is 33.2 Å². The van der Waals surface area contributed by atoms with Crippen molar-refractivity contribution >= 4 is 28.0 Å². The van der Waals surface area contributed by atoms with Gasteiger partial charge in [-0.15, -0.1) is 0 Å². The molecule has 0 N–H and O–H groups in total. The lowest BCUT2D eigenvalue weighted by Gasteiger charge is -2.05. The van der Waals surface area contributed by atoms with Gasteiger partial charge < -0.3 is 0 Å². The van der Waals surface area contributed by atoms with E-state index in [1.807, 2.05) is 0 Å². The van der Waals surface area contributed by atoms with Crippen molar-refractivity contribution in [1.82, 2.24) is 0 Å². The molecule has 0 spiro atoms. The SMILES string of the molecule is CC(=O)c1cc(Br)cc(C=O)c1C. The number of Topliss-reactive ketones (excluding diaryl/α,β-unsaturated/α-hetero) is 1. The summed E-state index contributed by atoms with van der Waals surface area (Å²) in [5, 5.41) is 0. The lowest BCUT2D eigenvalue weighted by atomic mass is 10.0. The quantitative estimate of drug-likeness (QED) is 0.589. The molecule has 0 aliphatic rings. The second-order valence-electron chi connectivity index (χ2n) is 2.84. The van der Waals surface area contributed by atoms with Gasteiger partial charge in [0.15, 0.2) is 5.78 Å². The van der Waals surface area contributed by atoms with Crippen LogP contribution in [0.5, 0.6) is 0 Å². The second kappa shape index (κ2) is 3.83. The zero-order valence-corrected chi connectivity index (χ0v) is 9.01. The summed E-state index contributed by atoms with van der Waals surface area (Å²) < 4.78 is 0.755. The zero-order chi connectivity index (χ0) is 10.0. The van der Waals surface area contributed by atoms with Crippen molar-refractivity contribution in [1.29, 1.82) is 0 Å². The van der Waals surface area contributed by atoms with Gasteiger partial charge in [-0.25, -0.2) is 0 Å². The minimum atomic E-state index is -0.0260. The second-order valence-corrected chi connectivity index (χ2v) is 3.76. The van der Waals surface area contributed by atoms with Gasteiger partial charge in [-0.05, 0) is 31.5 Å². The minimum Gasteiger partial charge on any atom is -0.298 e. The van der Waals surface area contributed by atoms with E-state index >= 15 is 0 Å². The van der Waals surface area contributed by atoms with Crippen molar-refractivity contribution in [3.05, 3.63) is 33.3 Å². The molecule has 2 nitrogen and oxygen atoms in total. The topological polar surface area (TPSA) is 34.1 Å². The van der Waals surface area contributed by atoms with Crippen molar-refractivity contribution in [3.8, 4) is 0 Å². The van der Waals surface area contributed by atoms with Crippen LogP contribution in [0, 0.1) is 6.92 Å². The molecule has 0 aromatic heterocycles. The average Bonchev–Trinajstić information content (AvgIpc) is 2.08. The van der Waals surface area contributed by atoms with Crippen molar-refractivity contribution in [2.45, 2.75) is 13.8 Å². The van der Waals surface area contributed by atoms with Crippen LogP contribution >= 0.6 is 15.9 Å². The summed E-state index contributed by atoms with van der Waals surface area (Å²) in [5.41, 5.74) is 1.89. The molecule has 68 valence electrons. The van der Waals surface area contributed by atoms with E-state index in [0.29, 0.717) is 11.1 Å². The molecule has 0 fully saturated rings. The summed E-state index contributed by atoms with van der Waals surface area (Å²) in [6, 6.07) is 3.43. The van der Waals surface area contributed by atoms with Crippen LogP contribution in [0.25, 0.3) is 0 Å². The standard InChI is InChI=1S/C10H9BrO2/c1-6-8(5-12)3-9(11)4-10(6)7(2)13/h3-5H,1-2H3. The third-order valence-corrected chi connectivity index (χ3v) is 2.38. The molecule has 1 rings (SSSR count). The van der Waals surface area contributed by atoms with Gasteiger partial charge in [-0.2, -0.15) is 0 Å². The molecule has 0 aliphatic carbocycles. The first-order valence-corrected chi connectivity index (χ1v) is 4.62. The normalized spacial score (nSPS) is 9.77. The first kappa shape index (κ1) is 10.1. The van der Waals surface area contributed by atoms with E-state index in [-0.39, 0.29) is 5.78 Å². The molecule has 0 saturated carbocycles. The highest BCUT2D eigenvalue weighted by Crippen LogP contribution is 2.20. The largest absolute Gasteiger partial charge is 0.298 e. The molecule has 0 amide bonds. The summed E-state index contributed by atoms with van der Waals surface area (Å²) in [6.07, 6.45) is 0.756. The third kappa shape index (κ3) is 2.04. The number of ketones is 1. The number of carbonyl (C=O) groups is 2. The fraction of sp³-hybridized carbons (Fsp3) is 0.200. The molecule has 0 heterocycles.